The Morgan fingerprint density at radius 3 is 2.76 bits per heavy atom. The van der Waals surface area contributed by atoms with Crippen LogP contribution in [0.2, 0.25) is 0 Å². The molecule has 3 heterocycles. The minimum atomic E-state index is -0.483. The van der Waals surface area contributed by atoms with Gasteiger partial charge in [0.1, 0.15) is 17.7 Å². The Kier molecular flexibility index (Phi) is 9.32. The number of piperazine rings is 1. The van der Waals surface area contributed by atoms with Gasteiger partial charge in [0.2, 0.25) is 0 Å². The zero-order valence-corrected chi connectivity index (χ0v) is 22.9. The first kappa shape index (κ1) is 27.3. The van der Waals surface area contributed by atoms with Gasteiger partial charge in [0.05, 0.1) is 17.4 Å². The van der Waals surface area contributed by atoms with Crippen LogP contribution in [-0.2, 0) is 17.7 Å². The highest BCUT2D eigenvalue weighted by Crippen LogP contribution is 2.34. The summed E-state index contributed by atoms with van der Waals surface area (Å²) in [5.74, 6) is 1.02. The molecule has 1 amide bonds. The fourth-order valence-corrected chi connectivity index (χ4v) is 5.12. The lowest BCUT2D eigenvalue weighted by molar-refractivity contribution is 0.0526. The minimum Gasteiger partial charge on any atom is -0.444 e. The molecule has 0 radical (unpaired) electrons. The van der Waals surface area contributed by atoms with E-state index in [-0.39, 0.29) is 12.1 Å². The summed E-state index contributed by atoms with van der Waals surface area (Å²) in [5.41, 5.74) is 3.12. The maximum Gasteiger partial charge on any atom is 0.407 e. The van der Waals surface area contributed by atoms with Crippen LogP contribution in [-0.4, -0.2) is 82.8 Å². The third-order valence-corrected chi connectivity index (χ3v) is 7.05. The number of aromatic nitrogens is 3. The molecule has 0 saturated carbocycles. The number of carbonyl (C=O) groups excluding carboxylic acids is 1. The molecule has 1 aliphatic heterocycles. The van der Waals surface area contributed by atoms with Crippen molar-refractivity contribution in [3.05, 3.63) is 47.7 Å². The average molecular weight is 510 g/mol. The first-order valence-electron chi connectivity index (χ1n) is 13.7. The average Bonchev–Trinajstić information content (AvgIpc) is 2.87. The predicted molar refractivity (Wildman–Crippen MR) is 146 cm³/mol. The van der Waals surface area contributed by atoms with Crippen molar-refractivity contribution in [3.8, 4) is 0 Å². The van der Waals surface area contributed by atoms with Gasteiger partial charge in [-0.05, 0) is 78.1 Å². The summed E-state index contributed by atoms with van der Waals surface area (Å²) in [6, 6.07) is 6.68. The van der Waals surface area contributed by atoms with Gasteiger partial charge in [-0.3, -0.25) is 9.88 Å². The molecule has 1 aliphatic carbocycles. The van der Waals surface area contributed by atoms with Gasteiger partial charge in [-0.15, -0.1) is 0 Å². The van der Waals surface area contributed by atoms with Gasteiger partial charge in [-0.1, -0.05) is 6.07 Å². The molecule has 2 aromatic rings. The lowest BCUT2D eigenvalue weighted by Crippen LogP contribution is -2.44. The van der Waals surface area contributed by atoms with Gasteiger partial charge in [0.25, 0.3) is 0 Å². The van der Waals surface area contributed by atoms with Gasteiger partial charge in [-0.2, -0.15) is 0 Å². The number of anilines is 1. The number of rotatable bonds is 9. The molecule has 9 nitrogen and oxygen atoms in total. The maximum absolute atomic E-state index is 12.0. The number of ether oxygens (including phenoxy) is 1. The fourth-order valence-electron chi connectivity index (χ4n) is 5.12. The molecule has 9 heteroatoms. The number of aryl methyl sites for hydroxylation is 1. The lowest BCUT2D eigenvalue weighted by Gasteiger charge is -2.35. The van der Waals surface area contributed by atoms with E-state index in [1.807, 2.05) is 33.0 Å². The first-order chi connectivity index (χ1) is 17.8. The maximum atomic E-state index is 12.0. The molecule has 0 bridgehead atoms. The summed E-state index contributed by atoms with van der Waals surface area (Å²) in [4.78, 5) is 33.3. The fraction of sp³-hybridized carbons (Fsp3) is 0.643. The number of likely N-dealkylation sites (N-methyl/N-ethyl adjacent to an activating group) is 1. The number of carbonyl (C=O) groups is 1. The zero-order chi connectivity index (χ0) is 26.3. The standard InChI is InChI=1S/C28H43N7O2/c1-28(2,3)37-27(36)30-12-5-6-14-35(24-11-7-9-22-10-8-13-29-26(22)24)20-23-19-25(32-21-31-23)34-17-15-33(4)16-18-34/h8,10,13,19,21,24H,5-7,9,11-12,14-18,20H2,1-4H3,(H,30,36). The molecule has 1 saturated heterocycles. The second-order valence-electron chi connectivity index (χ2n) is 11.2. The topological polar surface area (TPSA) is 86.7 Å². The highest BCUT2D eigenvalue weighted by molar-refractivity contribution is 5.67. The molecule has 1 atom stereocenters. The van der Waals surface area contributed by atoms with Crippen molar-refractivity contribution in [1.82, 2.24) is 30.1 Å². The first-order valence-corrected chi connectivity index (χ1v) is 13.7. The molecular weight excluding hydrogens is 466 g/mol. The predicted octanol–water partition coefficient (Wildman–Crippen LogP) is 3.81. The van der Waals surface area contributed by atoms with E-state index in [9.17, 15) is 4.79 Å². The van der Waals surface area contributed by atoms with E-state index in [0.717, 1.165) is 82.9 Å². The number of nitrogens with one attached hydrogen (secondary N) is 1. The second-order valence-corrected chi connectivity index (χ2v) is 11.2. The van der Waals surface area contributed by atoms with E-state index in [2.05, 4.69) is 49.2 Å². The third kappa shape index (κ3) is 8.10. The van der Waals surface area contributed by atoms with Crippen LogP contribution < -0.4 is 10.2 Å². The number of amides is 1. The smallest absolute Gasteiger partial charge is 0.407 e. The second kappa shape index (κ2) is 12.6. The van der Waals surface area contributed by atoms with Crippen LogP contribution in [0.4, 0.5) is 10.6 Å². The lowest BCUT2D eigenvalue weighted by atomic mass is 9.90. The van der Waals surface area contributed by atoms with Crippen LogP contribution in [0.5, 0.6) is 0 Å². The number of hydrogen-bond donors (Lipinski definition) is 1. The van der Waals surface area contributed by atoms with Crippen LogP contribution >= 0.6 is 0 Å². The molecule has 1 N–H and O–H groups in total. The Hall–Kier alpha value is -2.78. The number of pyridine rings is 1. The molecule has 2 aliphatic rings. The van der Waals surface area contributed by atoms with E-state index >= 15 is 0 Å². The third-order valence-electron chi connectivity index (χ3n) is 7.05. The normalized spacial score (nSPS) is 18.5. The van der Waals surface area contributed by atoms with Gasteiger partial charge in [0, 0.05) is 51.5 Å². The number of alkyl carbamates (subject to hydrolysis) is 1. The molecule has 2 aromatic heterocycles. The Bertz CT molecular complexity index is 1020. The van der Waals surface area contributed by atoms with Crippen molar-refractivity contribution < 1.29 is 9.53 Å². The van der Waals surface area contributed by atoms with Crippen LogP contribution in [0.25, 0.3) is 0 Å². The largest absolute Gasteiger partial charge is 0.444 e. The quantitative estimate of drug-likeness (QED) is 0.511. The van der Waals surface area contributed by atoms with Crippen molar-refractivity contribution in [2.45, 2.75) is 71.1 Å². The summed E-state index contributed by atoms with van der Waals surface area (Å²) in [6.07, 6.45) is 8.46. The van der Waals surface area contributed by atoms with E-state index in [0.29, 0.717) is 6.54 Å². The van der Waals surface area contributed by atoms with Crippen LogP contribution in [0, 0.1) is 0 Å². The van der Waals surface area contributed by atoms with Crippen LogP contribution in [0.1, 0.15) is 69.4 Å². The minimum absolute atomic E-state index is 0.269. The molecule has 0 spiro atoms. The number of unbranched alkanes of at least 4 members (excludes halogenated alkanes) is 1. The van der Waals surface area contributed by atoms with Crippen molar-refractivity contribution in [1.29, 1.82) is 0 Å². The van der Waals surface area contributed by atoms with Gasteiger partial charge in [-0.25, -0.2) is 14.8 Å². The number of fused-ring (bicyclic) bond motifs is 1. The molecule has 37 heavy (non-hydrogen) atoms. The van der Waals surface area contributed by atoms with Crippen LogP contribution in [0.3, 0.4) is 0 Å². The molecule has 4 rings (SSSR count). The molecule has 0 aromatic carbocycles. The Morgan fingerprint density at radius 1 is 1.16 bits per heavy atom. The van der Waals surface area contributed by atoms with Gasteiger partial charge in [0.15, 0.2) is 0 Å². The van der Waals surface area contributed by atoms with Gasteiger partial charge >= 0.3 is 6.09 Å². The van der Waals surface area contributed by atoms with E-state index < -0.39 is 5.60 Å². The Labute approximate surface area is 221 Å². The van der Waals surface area contributed by atoms with Crippen LogP contribution in [0.15, 0.2) is 30.7 Å². The van der Waals surface area contributed by atoms with E-state index in [4.69, 9.17) is 9.72 Å². The number of hydrogen-bond acceptors (Lipinski definition) is 8. The van der Waals surface area contributed by atoms with Crippen molar-refractivity contribution in [3.63, 3.8) is 0 Å². The Balaban J connectivity index is 1.41. The summed E-state index contributed by atoms with van der Waals surface area (Å²) < 4.78 is 5.36. The Morgan fingerprint density at radius 2 is 1.97 bits per heavy atom. The summed E-state index contributed by atoms with van der Waals surface area (Å²) in [7, 11) is 2.17. The highest BCUT2D eigenvalue weighted by Gasteiger charge is 2.27. The SMILES string of the molecule is CN1CCN(c2cc(CN(CCCCNC(=O)OC(C)(C)C)C3CCCc4cccnc43)ncn2)CC1. The van der Waals surface area contributed by atoms with Gasteiger partial charge < -0.3 is 19.9 Å². The van der Waals surface area contributed by atoms with E-state index in [1.54, 1.807) is 6.33 Å². The molecular formula is C28H43N7O2. The molecule has 1 unspecified atom stereocenters. The summed E-state index contributed by atoms with van der Waals surface area (Å²) >= 11 is 0. The van der Waals surface area contributed by atoms with Crippen molar-refractivity contribution >= 4 is 11.9 Å². The van der Waals surface area contributed by atoms with E-state index in [1.165, 1.54) is 11.3 Å². The number of nitrogens with zero attached hydrogens (tertiary/aromatic N) is 6. The van der Waals surface area contributed by atoms with Crippen molar-refractivity contribution in [2.75, 3.05) is 51.2 Å². The highest BCUT2D eigenvalue weighted by atomic mass is 16.6. The monoisotopic (exact) mass is 509 g/mol. The molecule has 1 fully saturated rings. The molecule has 202 valence electrons. The summed E-state index contributed by atoms with van der Waals surface area (Å²) in [5, 5.41) is 2.88. The zero-order valence-electron chi connectivity index (χ0n) is 22.9. The summed E-state index contributed by atoms with van der Waals surface area (Å²) in [6.45, 7) is 12.0. The van der Waals surface area contributed by atoms with Crippen molar-refractivity contribution in [2.24, 2.45) is 0 Å².